The summed E-state index contributed by atoms with van der Waals surface area (Å²) in [5, 5.41) is 4.29. The van der Waals surface area contributed by atoms with Gasteiger partial charge in [0.15, 0.2) is 0 Å². The molecular weight excluding hydrogens is 448 g/mol. The second-order valence-electron chi connectivity index (χ2n) is 4.79. The molecule has 1 atom stereocenters. The van der Waals surface area contributed by atoms with Crippen LogP contribution in [0.15, 0.2) is 32.0 Å². The summed E-state index contributed by atoms with van der Waals surface area (Å²) in [7, 11) is -7.52. The van der Waals surface area contributed by atoms with Gasteiger partial charge in [-0.05, 0) is 47.0 Å². The first-order chi connectivity index (χ1) is 9.62. The van der Waals surface area contributed by atoms with Crippen molar-refractivity contribution in [3.05, 3.63) is 27.1 Å². The lowest BCUT2D eigenvalue weighted by Gasteiger charge is -2.30. The van der Waals surface area contributed by atoms with E-state index in [0.717, 1.165) is 0 Å². The molecule has 1 unspecified atom stereocenters. The molecule has 0 saturated carbocycles. The molecule has 0 aliphatic carbocycles. The van der Waals surface area contributed by atoms with Crippen LogP contribution in [0.1, 0.15) is 12.8 Å². The number of benzene rings is 1. The summed E-state index contributed by atoms with van der Waals surface area (Å²) in [6.45, 7) is 0.174. The Hall–Kier alpha value is -0.000000000000000111. The van der Waals surface area contributed by atoms with Gasteiger partial charge in [-0.1, -0.05) is 15.9 Å². The smallest absolute Gasteiger partial charge is 0.228 e. The summed E-state index contributed by atoms with van der Waals surface area (Å²) in [4.78, 5) is 0.104. The predicted octanol–water partition coefficient (Wildman–Crippen LogP) is 1.65. The van der Waals surface area contributed by atoms with E-state index in [1.807, 2.05) is 0 Å². The van der Waals surface area contributed by atoms with Gasteiger partial charge in [0.1, 0.15) is 0 Å². The second kappa shape index (κ2) is 6.25. The van der Waals surface area contributed by atoms with E-state index in [2.05, 4.69) is 31.9 Å². The van der Waals surface area contributed by atoms with Crippen LogP contribution < -0.4 is 5.14 Å². The van der Waals surface area contributed by atoms with E-state index in [1.165, 1.54) is 10.4 Å². The molecule has 1 saturated heterocycles. The third-order valence-electron chi connectivity index (χ3n) is 3.32. The Morgan fingerprint density at radius 2 is 1.86 bits per heavy atom. The molecule has 2 rings (SSSR count). The molecule has 21 heavy (non-hydrogen) atoms. The quantitative estimate of drug-likeness (QED) is 0.739. The van der Waals surface area contributed by atoms with Gasteiger partial charge in [-0.25, -0.2) is 22.0 Å². The molecule has 1 aliphatic heterocycles. The third kappa shape index (κ3) is 3.85. The molecule has 6 nitrogen and oxygen atoms in total. The van der Waals surface area contributed by atoms with Gasteiger partial charge < -0.3 is 0 Å². The highest BCUT2D eigenvalue weighted by Crippen LogP contribution is 2.30. The molecule has 1 aromatic carbocycles. The Morgan fingerprint density at radius 3 is 2.48 bits per heavy atom. The van der Waals surface area contributed by atoms with Crippen LogP contribution in [0.3, 0.4) is 0 Å². The summed E-state index contributed by atoms with van der Waals surface area (Å²) in [6.07, 6.45) is 0.844. The zero-order chi connectivity index (χ0) is 15.8. The minimum atomic E-state index is -3.77. The zero-order valence-corrected chi connectivity index (χ0v) is 15.7. The number of nitrogens with zero attached hydrogens (tertiary/aromatic N) is 1. The lowest BCUT2D eigenvalue weighted by Crippen LogP contribution is -2.47. The minimum Gasteiger partial charge on any atom is -0.228 e. The highest BCUT2D eigenvalue weighted by atomic mass is 79.9. The highest BCUT2D eigenvalue weighted by Gasteiger charge is 2.35. The SMILES string of the molecule is NS(=O)(=O)C1CCCN(S(=O)(=O)c2cc(Br)ccc2Br)C1. The maximum Gasteiger partial charge on any atom is 0.244 e. The van der Waals surface area contributed by atoms with E-state index >= 15 is 0 Å². The fourth-order valence-electron chi connectivity index (χ4n) is 2.21. The van der Waals surface area contributed by atoms with Crippen molar-refractivity contribution < 1.29 is 16.8 Å². The lowest BCUT2D eigenvalue weighted by molar-refractivity contribution is 0.346. The van der Waals surface area contributed by atoms with Gasteiger partial charge in [0.25, 0.3) is 0 Å². The van der Waals surface area contributed by atoms with Gasteiger partial charge in [0, 0.05) is 22.0 Å². The van der Waals surface area contributed by atoms with Crippen molar-refractivity contribution in [2.75, 3.05) is 13.1 Å². The number of primary sulfonamides is 1. The molecule has 0 bridgehead atoms. The van der Waals surface area contributed by atoms with Crippen LogP contribution in [0.5, 0.6) is 0 Å². The normalized spacial score (nSPS) is 21.4. The van der Waals surface area contributed by atoms with Crippen molar-refractivity contribution in [1.29, 1.82) is 0 Å². The van der Waals surface area contributed by atoms with E-state index in [4.69, 9.17) is 5.14 Å². The Labute approximate surface area is 141 Å². The first-order valence-electron chi connectivity index (χ1n) is 6.09. The van der Waals surface area contributed by atoms with Crippen molar-refractivity contribution in [3.63, 3.8) is 0 Å². The Kier molecular flexibility index (Phi) is 5.16. The summed E-state index contributed by atoms with van der Waals surface area (Å²) in [5.41, 5.74) is 0. The van der Waals surface area contributed by atoms with Crippen molar-refractivity contribution >= 4 is 51.9 Å². The summed E-state index contributed by atoms with van der Waals surface area (Å²) in [5.74, 6) is 0. The Balaban J connectivity index is 2.38. The molecule has 1 fully saturated rings. The largest absolute Gasteiger partial charge is 0.244 e. The standard InChI is InChI=1S/C11H14Br2N2O4S2/c12-8-3-4-10(13)11(6-8)21(18,19)15-5-1-2-9(7-15)20(14,16)17/h3-4,6,9H,1-2,5,7H2,(H2,14,16,17). The topological polar surface area (TPSA) is 97.5 Å². The Morgan fingerprint density at radius 1 is 1.19 bits per heavy atom. The maximum atomic E-state index is 12.7. The van der Waals surface area contributed by atoms with E-state index < -0.39 is 25.3 Å². The molecular formula is C11H14Br2N2O4S2. The number of rotatable bonds is 3. The maximum absolute atomic E-state index is 12.7. The van der Waals surface area contributed by atoms with Gasteiger partial charge in [0.2, 0.25) is 20.0 Å². The summed E-state index contributed by atoms with van der Waals surface area (Å²) >= 11 is 6.45. The molecule has 0 amide bonds. The minimum absolute atomic E-state index is 0.104. The number of halogens is 2. The van der Waals surface area contributed by atoms with Gasteiger partial charge in [-0.2, -0.15) is 4.31 Å². The van der Waals surface area contributed by atoms with Crippen LogP contribution in [-0.4, -0.2) is 39.5 Å². The molecule has 1 heterocycles. The van der Waals surface area contributed by atoms with Crippen molar-refractivity contribution in [2.45, 2.75) is 23.0 Å². The molecule has 1 aromatic rings. The van der Waals surface area contributed by atoms with E-state index in [0.29, 0.717) is 21.8 Å². The molecule has 118 valence electrons. The first kappa shape index (κ1) is 17.4. The fourth-order valence-corrected chi connectivity index (χ4v) is 6.17. The average Bonchev–Trinajstić information content (AvgIpc) is 2.40. The fraction of sp³-hybridized carbons (Fsp3) is 0.455. The summed E-state index contributed by atoms with van der Waals surface area (Å²) in [6, 6.07) is 4.82. The molecule has 0 aromatic heterocycles. The summed E-state index contributed by atoms with van der Waals surface area (Å²) < 4.78 is 50.5. The van der Waals surface area contributed by atoms with Crippen LogP contribution in [0.4, 0.5) is 0 Å². The predicted molar refractivity (Wildman–Crippen MR) is 86.7 cm³/mol. The van der Waals surface area contributed by atoms with Crippen molar-refractivity contribution in [1.82, 2.24) is 4.31 Å². The van der Waals surface area contributed by atoms with Crippen LogP contribution in [0.2, 0.25) is 0 Å². The van der Waals surface area contributed by atoms with Crippen molar-refractivity contribution in [3.8, 4) is 0 Å². The Bertz CT molecular complexity index is 749. The number of piperidine rings is 1. The zero-order valence-electron chi connectivity index (χ0n) is 10.9. The number of nitrogens with two attached hydrogens (primary N) is 1. The van der Waals surface area contributed by atoms with Crippen LogP contribution in [0, 0.1) is 0 Å². The molecule has 1 aliphatic rings. The average molecular weight is 462 g/mol. The molecule has 0 spiro atoms. The highest BCUT2D eigenvalue weighted by molar-refractivity contribution is 9.11. The van der Waals surface area contributed by atoms with Crippen LogP contribution >= 0.6 is 31.9 Å². The van der Waals surface area contributed by atoms with E-state index in [1.54, 1.807) is 12.1 Å². The number of hydrogen-bond acceptors (Lipinski definition) is 4. The van der Waals surface area contributed by atoms with Crippen LogP contribution in [-0.2, 0) is 20.0 Å². The van der Waals surface area contributed by atoms with Crippen LogP contribution in [0.25, 0.3) is 0 Å². The van der Waals surface area contributed by atoms with Crippen molar-refractivity contribution in [2.24, 2.45) is 5.14 Å². The second-order valence-corrected chi connectivity index (χ2v) is 10.3. The number of hydrogen-bond donors (Lipinski definition) is 1. The molecule has 10 heteroatoms. The van der Waals surface area contributed by atoms with E-state index in [-0.39, 0.29) is 18.0 Å². The first-order valence-corrected chi connectivity index (χ1v) is 10.7. The van der Waals surface area contributed by atoms with Gasteiger partial charge in [-0.15, -0.1) is 0 Å². The van der Waals surface area contributed by atoms with E-state index in [9.17, 15) is 16.8 Å². The molecule has 0 radical (unpaired) electrons. The van der Waals surface area contributed by atoms with Gasteiger partial charge in [0.05, 0.1) is 10.1 Å². The third-order valence-corrected chi connectivity index (χ3v) is 7.98. The lowest BCUT2D eigenvalue weighted by atomic mass is 10.2. The van der Waals surface area contributed by atoms with Gasteiger partial charge in [-0.3, -0.25) is 0 Å². The monoisotopic (exact) mass is 460 g/mol. The number of sulfonamides is 2. The molecule has 2 N–H and O–H groups in total. The van der Waals surface area contributed by atoms with Gasteiger partial charge >= 0.3 is 0 Å².